The van der Waals surface area contributed by atoms with Gasteiger partial charge in [0.25, 0.3) is 0 Å². The van der Waals surface area contributed by atoms with Crippen LogP contribution in [0.4, 0.5) is 0 Å². The Labute approximate surface area is 88.0 Å². The van der Waals surface area contributed by atoms with Crippen molar-refractivity contribution in [3.63, 3.8) is 0 Å². The molecule has 1 N–H and O–H groups in total. The lowest BCUT2D eigenvalue weighted by atomic mass is 10.1. The zero-order valence-corrected chi connectivity index (χ0v) is 8.67. The van der Waals surface area contributed by atoms with Crippen LogP contribution in [0.15, 0.2) is 29.2 Å². The summed E-state index contributed by atoms with van der Waals surface area (Å²) in [5, 5.41) is 7.39. The zero-order valence-electron chi connectivity index (χ0n) is 7.78. The van der Waals surface area contributed by atoms with Crippen molar-refractivity contribution in [3.8, 4) is 0 Å². The standard InChI is InChI=1S/C10H11NO2S/c1-13-10(12)9(11)6-7-2-4-8(14)5-3-7/h2-5,11,14H,6H2,1H3. The molecule has 74 valence electrons. The molecule has 1 rings (SSSR count). The van der Waals surface area contributed by atoms with Crippen LogP contribution in [0.1, 0.15) is 5.56 Å². The molecule has 0 atom stereocenters. The molecule has 0 bridgehead atoms. The Morgan fingerprint density at radius 2 is 2.00 bits per heavy atom. The quantitative estimate of drug-likeness (QED) is 0.452. The van der Waals surface area contributed by atoms with E-state index in [1.54, 1.807) is 0 Å². The summed E-state index contributed by atoms with van der Waals surface area (Å²) in [6.07, 6.45) is 0.292. The van der Waals surface area contributed by atoms with Crippen molar-refractivity contribution >= 4 is 24.3 Å². The normalized spacial score (nSPS) is 9.57. The van der Waals surface area contributed by atoms with E-state index in [0.717, 1.165) is 10.5 Å². The summed E-state index contributed by atoms with van der Waals surface area (Å²) in [6.45, 7) is 0. The average Bonchev–Trinajstić information content (AvgIpc) is 2.20. The molecule has 0 aromatic heterocycles. The number of esters is 1. The molecule has 3 nitrogen and oxygen atoms in total. The van der Waals surface area contributed by atoms with Gasteiger partial charge in [0.1, 0.15) is 5.71 Å². The third-order valence-electron chi connectivity index (χ3n) is 1.75. The largest absolute Gasteiger partial charge is 0.465 e. The van der Waals surface area contributed by atoms with Gasteiger partial charge in [-0.25, -0.2) is 4.79 Å². The zero-order chi connectivity index (χ0) is 10.6. The Morgan fingerprint density at radius 1 is 1.43 bits per heavy atom. The molecule has 0 radical (unpaired) electrons. The van der Waals surface area contributed by atoms with Gasteiger partial charge in [0.2, 0.25) is 0 Å². The number of rotatable bonds is 3. The average molecular weight is 209 g/mol. The second-order valence-corrected chi connectivity index (χ2v) is 3.33. The summed E-state index contributed by atoms with van der Waals surface area (Å²) in [4.78, 5) is 11.8. The Bertz CT molecular complexity index is 346. The van der Waals surface area contributed by atoms with Gasteiger partial charge < -0.3 is 4.74 Å². The summed E-state index contributed by atoms with van der Waals surface area (Å²) < 4.78 is 4.43. The van der Waals surface area contributed by atoms with Gasteiger partial charge in [-0.1, -0.05) is 12.1 Å². The van der Waals surface area contributed by atoms with Gasteiger partial charge >= 0.3 is 5.97 Å². The van der Waals surface area contributed by atoms with Gasteiger partial charge in [-0.15, -0.1) is 12.6 Å². The maximum absolute atomic E-state index is 10.9. The molecule has 0 aliphatic carbocycles. The second kappa shape index (κ2) is 4.81. The van der Waals surface area contributed by atoms with Crippen LogP contribution in [0, 0.1) is 5.41 Å². The number of carbonyl (C=O) groups excluding carboxylic acids is 1. The summed E-state index contributed by atoms with van der Waals surface area (Å²) in [5.41, 5.74) is 0.859. The number of benzene rings is 1. The number of nitrogens with one attached hydrogen (secondary N) is 1. The lowest BCUT2D eigenvalue weighted by Crippen LogP contribution is -2.16. The topological polar surface area (TPSA) is 50.2 Å². The van der Waals surface area contributed by atoms with Crippen molar-refractivity contribution in [2.45, 2.75) is 11.3 Å². The first-order valence-electron chi connectivity index (χ1n) is 4.07. The Balaban J connectivity index is 2.65. The van der Waals surface area contributed by atoms with E-state index in [-0.39, 0.29) is 5.71 Å². The predicted molar refractivity (Wildman–Crippen MR) is 57.1 cm³/mol. The smallest absolute Gasteiger partial charge is 0.352 e. The van der Waals surface area contributed by atoms with Crippen molar-refractivity contribution < 1.29 is 9.53 Å². The van der Waals surface area contributed by atoms with E-state index in [0.29, 0.717) is 6.42 Å². The highest BCUT2D eigenvalue weighted by molar-refractivity contribution is 7.80. The van der Waals surface area contributed by atoms with Crippen LogP contribution in [0.2, 0.25) is 0 Å². The van der Waals surface area contributed by atoms with Crippen molar-refractivity contribution in [2.24, 2.45) is 0 Å². The predicted octanol–water partition coefficient (Wildman–Crippen LogP) is 1.71. The highest BCUT2D eigenvalue weighted by Gasteiger charge is 2.09. The van der Waals surface area contributed by atoms with E-state index < -0.39 is 5.97 Å². The van der Waals surface area contributed by atoms with Crippen LogP contribution in [0.3, 0.4) is 0 Å². The van der Waals surface area contributed by atoms with Crippen LogP contribution in [0.5, 0.6) is 0 Å². The summed E-state index contributed by atoms with van der Waals surface area (Å²) in [7, 11) is 1.27. The molecule has 0 heterocycles. The minimum atomic E-state index is -0.583. The highest BCUT2D eigenvalue weighted by atomic mass is 32.1. The van der Waals surface area contributed by atoms with Gasteiger partial charge in [0.15, 0.2) is 0 Å². The molecular formula is C10H11NO2S. The van der Waals surface area contributed by atoms with E-state index in [4.69, 9.17) is 5.41 Å². The molecule has 0 amide bonds. The van der Waals surface area contributed by atoms with E-state index in [1.165, 1.54) is 7.11 Å². The minimum absolute atomic E-state index is 0.0422. The monoisotopic (exact) mass is 209 g/mol. The van der Waals surface area contributed by atoms with E-state index >= 15 is 0 Å². The van der Waals surface area contributed by atoms with Crippen molar-refractivity contribution in [1.82, 2.24) is 0 Å². The van der Waals surface area contributed by atoms with Gasteiger partial charge in [0.05, 0.1) is 7.11 Å². The van der Waals surface area contributed by atoms with E-state index in [9.17, 15) is 4.79 Å². The van der Waals surface area contributed by atoms with Crippen LogP contribution in [0.25, 0.3) is 0 Å². The third-order valence-corrected chi connectivity index (χ3v) is 2.05. The van der Waals surface area contributed by atoms with E-state index in [2.05, 4.69) is 17.4 Å². The maximum atomic E-state index is 10.9. The second-order valence-electron chi connectivity index (χ2n) is 2.81. The molecule has 0 saturated carbocycles. The first-order chi connectivity index (χ1) is 6.63. The number of carbonyl (C=O) groups is 1. The summed E-state index contributed by atoms with van der Waals surface area (Å²) in [6, 6.07) is 7.31. The SMILES string of the molecule is COC(=O)C(=N)Cc1ccc(S)cc1. The van der Waals surface area contributed by atoms with Crippen LogP contribution in [-0.4, -0.2) is 18.8 Å². The number of thiol groups is 1. The molecule has 0 aliphatic heterocycles. The number of hydrogen-bond acceptors (Lipinski definition) is 4. The lowest BCUT2D eigenvalue weighted by Gasteiger charge is -2.02. The van der Waals surface area contributed by atoms with Crippen molar-refractivity contribution in [2.75, 3.05) is 7.11 Å². The third kappa shape index (κ3) is 2.88. The Kier molecular flexibility index (Phi) is 3.71. The fraction of sp³-hybridized carbons (Fsp3) is 0.200. The number of hydrogen-bond donors (Lipinski definition) is 2. The Hall–Kier alpha value is -1.29. The molecule has 0 unspecified atom stereocenters. The van der Waals surface area contributed by atoms with Gasteiger partial charge in [-0.2, -0.15) is 0 Å². The number of methoxy groups -OCH3 is 1. The van der Waals surface area contributed by atoms with Crippen LogP contribution in [-0.2, 0) is 16.0 Å². The molecular weight excluding hydrogens is 198 g/mol. The Morgan fingerprint density at radius 3 is 2.50 bits per heavy atom. The van der Waals surface area contributed by atoms with Gasteiger partial charge in [-0.3, -0.25) is 5.41 Å². The molecule has 0 saturated heterocycles. The molecule has 1 aromatic rings. The van der Waals surface area contributed by atoms with Crippen molar-refractivity contribution in [3.05, 3.63) is 29.8 Å². The fourth-order valence-corrected chi connectivity index (χ4v) is 1.16. The first kappa shape index (κ1) is 10.8. The molecule has 0 spiro atoms. The molecule has 4 heteroatoms. The fourth-order valence-electron chi connectivity index (χ4n) is 1.01. The summed E-state index contributed by atoms with van der Waals surface area (Å²) >= 11 is 4.14. The summed E-state index contributed by atoms with van der Waals surface area (Å²) in [5.74, 6) is -0.583. The van der Waals surface area contributed by atoms with Gasteiger partial charge in [-0.05, 0) is 17.7 Å². The van der Waals surface area contributed by atoms with Gasteiger partial charge in [0, 0.05) is 11.3 Å². The molecule has 0 aliphatic rings. The molecule has 1 aromatic carbocycles. The first-order valence-corrected chi connectivity index (χ1v) is 4.52. The maximum Gasteiger partial charge on any atom is 0.352 e. The van der Waals surface area contributed by atoms with Crippen molar-refractivity contribution in [1.29, 1.82) is 5.41 Å². The highest BCUT2D eigenvalue weighted by Crippen LogP contribution is 2.08. The van der Waals surface area contributed by atoms with E-state index in [1.807, 2.05) is 24.3 Å². The van der Waals surface area contributed by atoms with Crippen LogP contribution < -0.4 is 0 Å². The molecule has 14 heavy (non-hydrogen) atoms. The number of ether oxygens (including phenoxy) is 1. The minimum Gasteiger partial charge on any atom is -0.465 e. The van der Waals surface area contributed by atoms with Crippen LogP contribution >= 0.6 is 12.6 Å². The molecule has 0 fully saturated rings. The lowest BCUT2D eigenvalue weighted by molar-refractivity contribution is -0.132.